The van der Waals surface area contributed by atoms with E-state index >= 15 is 0 Å². The molecule has 1 amide bonds. The van der Waals surface area contributed by atoms with Crippen molar-refractivity contribution in [3.05, 3.63) is 65.2 Å². The van der Waals surface area contributed by atoms with Crippen LogP contribution in [0.5, 0.6) is 5.75 Å². The molecule has 0 fully saturated rings. The Bertz CT molecular complexity index is 559. The van der Waals surface area contributed by atoms with Gasteiger partial charge in [0.15, 0.2) is 0 Å². The highest BCUT2D eigenvalue weighted by Crippen LogP contribution is 2.11. The number of carbonyl (C=O) groups is 1. The van der Waals surface area contributed by atoms with Gasteiger partial charge in [0, 0.05) is 6.54 Å². The standard InChI is InChI=1S/C17H19NO2/c1-13-3-5-14(6-4-13)11-17(19)18-12-15-7-9-16(20-2)10-8-15/h3-10H,11-12H2,1-2H3,(H,18,19). The van der Waals surface area contributed by atoms with Crippen LogP contribution in [0.1, 0.15) is 16.7 Å². The van der Waals surface area contributed by atoms with E-state index in [0.29, 0.717) is 13.0 Å². The zero-order valence-corrected chi connectivity index (χ0v) is 11.8. The van der Waals surface area contributed by atoms with E-state index in [1.807, 2.05) is 55.5 Å². The first-order chi connectivity index (χ1) is 9.67. The molecule has 0 radical (unpaired) electrons. The molecule has 0 aliphatic heterocycles. The number of amides is 1. The van der Waals surface area contributed by atoms with Gasteiger partial charge in [0.05, 0.1) is 13.5 Å². The highest BCUT2D eigenvalue weighted by Gasteiger charge is 2.03. The van der Waals surface area contributed by atoms with E-state index in [1.165, 1.54) is 5.56 Å². The van der Waals surface area contributed by atoms with Crippen molar-refractivity contribution < 1.29 is 9.53 Å². The lowest BCUT2D eigenvalue weighted by Crippen LogP contribution is -2.24. The van der Waals surface area contributed by atoms with Crippen LogP contribution in [0.3, 0.4) is 0 Å². The number of methoxy groups -OCH3 is 1. The molecule has 0 saturated carbocycles. The monoisotopic (exact) mass is 269 g/mol. The molecule has 3 nitrogen and oxygen atoms in total. The summed E-state index contributed by atoms with van der Waals surface area (Å²) in [6.07, 6.45) is 0.413. The quantitative estimate of drug-likeness (QED) is 0.906. The van der Waals surface area contributed by atoms with E-state index in [0.717, 1.165) is 16.9 Å². The fraction of sp³-hybridized carbons (Fsp3) is 0.235. The maximum Gasteiger partial charge on any atom is 0.224 e. The molecule has 0 aromatic heterocycles. The van der Waals surface area contributed by atoms with E-state index in [-0.39, 0.29) is 5.91 Å². The summed E-state index contributed by atoms with van der Waals surface area (Å²) in [7, 11) is 1.64. The minimum Gasteiger partial charge on any atom is -0.497 e. The van der Waals surface area contributed by atoms with Crippen LogP contribution in [0.15, 0.2) is 48.5 Å². The van der Waals surface area contributed by atoms with Gasteiger partial charge in [-0.1, -0.05) is 42.0 Å². The molecule has 104 valence electrons. The largest absolute Gasteiger partial charge is 0.497 e. The molecule has 0 spiro atoms. The summed E-state index contributed by atoms with van der Waals surface area (Å²) < 4.78 is 5.10. The molecular weight excluding hydrogens is 250 g/mol. The van der Waals surface area contributed by atoms with E-state index in [9.17, 15) is 4.79 Å². The minimum absolute atomic E-state index is 0.0321. The van der Waals surface area contributed by atoms with Crippen molar-refractivity contribution in [1.29, 1.82) is 0 Å². The molecule has 0 saturated heterocycles. The lowest BCUT2D eigenvalue weighted by Gasteiger charge is -2.07. The minimum atomic E-state index is 0.0321. The number of benzene rings is 2. The molecule has 1 N–H and O–H groups in total. The average Bonchev–Trinajstić information content (AvgIpc) is 2.48. The summed E-state index contributed by atoms with van der Waals surface area (Å²) in [5, 5.41) is 2.92. The van der Waals surface area contributed by atoms with Crippen LogP contribution in [0.2, 0.25) is 0 Å². The van der Waals surface area contributed by atoms with Crippen molar-refractivity contribution in [3.8, 4) is 5.75 Å². The Hall–Kier alpha value is -2.29. The van der Waals surface area contributed by atoms with Crippen molar-refractivity contribution in [2.24, 2.45) is 0 Å². The first-order valence-corrected chi connectivity index (χ1v) is 6.62. The van der Waals surface area contributed by atoms with Gasteiger partial charge in [0.1, 0.15) is 5.75 Å². The van der Waals surface area contributed by atoms with Crippen molar-refractivity contribution >= 4 is 5.91 Å². The number of rotatable bonds is 5. The van der Waals surface area contributed by atoms with Gasteiger partial charge in [0.2, 0.25) is 5.91 Å². The third-order valence-electron chi connectivity index (χ3n) is 3.13. The topological polar surface area (TPSA) is 38.3 Å². The number of ether oxygens (including phenoxy) is 1. The number of hydrogen-bond donors (Lipinski definition) is 1. The highest BCUT2D eigenvalue weighted by atomic mass is 16.5. The van der Waals surface area contributed by atoms with Crippen LogP contribution >= 0.6 is 0 Å². The molecule has 2 rings (SSSR count). The van der Waals surface area contributed by atoms with Gasteiger partial charge in [-0.25, -0.2) is 0 Å². The second kappa shape index (κ2) is 6.75. The van der Waals surface area contributed by atoms with E-state index in [4.69, 9.17) is 4.74 Å². The zero-order valence-electron chi connectivity index (χ0n) is 11.8. The Kier molecular flexibility index (Phi) is 4.77. The van der Waals surface area contributed by atoms with Gasteiger partial charge in [0.25, 0.3) is 0 Å². The fourth-order valence-corrected chi connectivity index (χ4v) is 1.90. The number of nitrogens with one attached hydrogen (secondary N) is 1. The lowest BCUT2D eigenvalue weighted by molar-refractivity contribution is -0.120. The number of hydrogen-bond acceptors (Lipinski definition) is 2. The summed E-state index contributed by atoms with van der Waals surface area (Å²) in [6.45, 7) is 2.57. The molecule has 2 aromatic rings. The van der Waals surface area contributed by atoms with Crippen LogP contribution in [-0.4, -0.2) is 13.0 Å². The molecule has 0 unspecified atom stereocenters. The second-order valence-electron chi connectivity index (χ2n) is 4.79. The van der Waals surface area contributed by atoms with Crippen LogP contribution in [-0.2, 0) is 17.8 Å². The van der Waals surface area contributed by atoms with Gasteiger partial charge in [-0.2, -0.15) is 0 Å². The molecule has 0 bridgehead atoms. The molecule has 20 heavy (non-hydrogen) atoms. The highest BCUT2D eigenvalue weighted by molar-refractivity contribution is 5.78. The number of aryl methyl sites for hydroxylation is 1. The Morgan fingerprint density at radius 1 is 1.00 bits per heavy atom. The van der Waals surface area contributed by atoms with E-state index < -0.39 is 0 Å². The molecular formula is C17H19NO2. The van der Waals surface area contributed by atoms with Crippen LogP contribution in [0.4, 0.5) is 0 Å². The first-order valence-electron chi connectivity index (χ1n) is 6.62. The lowest BCUT2D eigenvalue weighted by atomic mass is 10.1. The SMILES string of the molecule is COc1ccc(CNC(=O)Cc2ccc(C)cc2)cc1. The van der Waals surface area contributed by atoms with Crippen LogP contribution < -0.4 is 10.1 Å². The average molecular weight is 269 g/mol. The molecule has 0 atom stereocenters. The zero-order chi connectivity index (χ0) is 14.4. The van der Waals surface area contributed by atoms with Crippen molar-refractivity contribution in [2.75, 3.05) is 7.11 Å². The molecule has 0 aliphatic rings. The maximum absolute atomic E-state index is 11.9. The number of carbonyl (C=O) groups excluding carboxylic acids is 1. The van der Waals surface area contributed by atoms with E-state index in [2.05, 4.69) is 5.32 Å². The Morgan fingerprint density at radius 2 is 1.60 bits per heavy atom. The van der Waals surface area contributed by atoms with Crippen molar-refractivity contribution in [2.45, 2.75) is 19.9 Å². The van der Waals surface area contributed by atoms with Gasteiger partial charge >= 0.3 is 0 Å². The molecule has 0 heterocycles. The van der Waals surface area contributed by atoms with Crippen LogP contribution in [0.25, 0.3) is 0 Å². The summed E-state index contributed by atoms with van der Waals surface area (Å²) in [4.78, 5) is 11.9. The summed E-state index contributed by atoms with van der Waals surface area (Å²) in [6, 6.07) is 15.7. The summed E-state index contributed by atoms with van der Waals surface area (Å²) >= 11 is 0. The smallest absolute Gasteiger partial charge is 0.224 e. The van der Waals surface area contributed by atoms with Gasteiger partial charge in [-0.15, -0.1) is 0 Å². The molecule has 0 aliphatic carbocycles. The molecule has 2 aromatic carbocycles. The van der Waals surface area contributed by atoms with Crippen molar-refractivity contribution in [1.82, 2.24) is 5.32 Å². The summed E-state index contributed by atoms with van der Waals surface area (Å²) in [5.41, 5.74) is 3.29. The third kappa shape index (κ3) is 4.12. The van der Waals surface area contributed by atoms with E-state index in [1.54, 1.807) is 7.11 Å². The fourth-order valence-electron chi connectivity index (χ4n) is 1.90. The second-order valence-corrected chi connectivity index (χ2v) is 4.79. The Morgan fingerprint density at radius 3 is 2.20 bits per heavy atom. The Balaban J connectivity index is 1.83. The normalized spacial score (nSPS) is 10.1. The Labute approximate surface area is 119 Å². The van der Waals surface area contributed by atoms with Gasteiger partial charge in [-0.3, -0.25) is 4.79 Å². The van der Waals surface area contributed by atoms with Gasteiger partial charge < -0.3 is 10.1 Å². The molecule has 3 heteroatoms. The first kappa shape index (κ1) is 14.1. The van der Waals surface area contributed by atoms with Gasteiger partial charge in [-0.05, 0) is 30.2 Å². The maximum atomic E-state index is 11.9. The van der Waals surface area contributed by atoms with Crippen LogP contribution in [0, 0.1) is 6.92 Å². The summed E-state index contributed by atoms with van der Waals surface area (Å²) in [5.74, 6) is 0.851. The predicted molar refractivity (Wildman–Crippen MR) is 79.7 cm³/mol. The predicted octanol–water partition coefficient (Wildman–Crippen LogP) is 2.86. The van der Waals surface area contributed by atoms with Crippen molar-refractivity contribution in [3.63, 3.8) is 0 Å². The third-order valence-corrected chi connectivity index (χ3v) is 3.13.